The quantitative estimate of drug-likeness (QED) is 0.428. The van der Waals surface area contributed by atoms with Crippen LogP contribution in [0.2, 0.25) is 0 Å². The number of hydrogen-bond acceptors (Lipinski definition) is 9. The van der Waals surface area contributed by atoms with Gasteiger partial charge in [-0.05, 0) is 32.4 Å². The molecule has 2 rings (SSSR count). The molecule has 144 valence electrons. The second kappa shape index (κ2) is 8.45. The van der Waals surface area contributed by atoms with Crippen LogP contribution in [0.5, 0.6) is 0 Å². The van der Waals surface area contributed by atoms with E-state index in [2.05, 4.69) is 5.32 Å². The molecule has 0 spiro atoms. The van der Waals surface area contributed by atoms with Crippen LogP contribution in [0.25, 0.3) is 0 Å². The molecule has 2 heterocycles. The number of ether oxygens (including phenoxy) is 2. The SMILES string of the molecule is CCOC(=O)c1sc(NC(=O)c2ccc([N+](=O)[O-])o2)c(C(=O)OCC)c1C. The van der Waals surface area contributed by atoms with Crippen molar-refractivity contribution in [3.05, 3.63) is 44.0 Å². The van der Waals surface area contributed by atoms with Crippen LogP contribution < -0.4 is 5.32 Å². The molecule has 0 aliphatic rings. The minimum Gasteiger partial charge on any atom is -0.462 e. The molecular formula is C16H16N2O8S. The van der Waals surface area contributed by atoms with E-state index >= 15 is 0 Å². The molecule has 0 saturated carbocycles. The molecule has 1 amide bonds. The first-order chi connectivity index (χ1) is 12.8. The Balaban J connectivity index is 2.39. The largest absolute Gasteiger partial charge is 0.462 e. The van der Waals surface area contributed by atoms with Gasteiger partial charge in [-0.15, -0.1) is 11.3 Å². The molecule has 10 nitrogen and oxygen atoms in total. The van der Waals surface area contributed by atoms with Crippen molar-refractivity contribution in [3.63, 3.8) is 0 Å². The highest BCUT2D eigenvalue weighted by molar-refractivity contribution is 7.18. The fourth-order valence-electron chi connectivity index (χ4n) is 2.15. The fraction of sp³-hybridized carbons (Fsp3) is 0.312. The van der Waals surface area contributed by atoms with E-state index in [0.29, 0.717) is 5.56 Å². The smallest absolute Gasteiger partial charge is 0.433 e. The van der Waals surface area contributed by atoms with E-state index in [1.165, 1.54) is 6.92 Å². The lowest BCUT2D eigenvalue weighted by atomic mass is 10.1. The first kappa shape index (κ1) is 20.1. The zero-order chi connectivity index (χ0) is 20.1. The Morgan fingerprint density at radius 2 is 1.81 bits per heavy atom. The summed E-state index contributed by atoms with van der Waals surface area (Å²) in [7, 11) is 0. The molecule has 11 heteroatoms. The van der Waals surface area contributed by atoms with E-state index in [1.807, 2.05) is 0 Å². The number of carbonyl (C=O) groups excluding carboxylic acids is 3. The molecule has 0 aliphatic heterocycles. The van der Waals surface area contributed by atoms with Crippen molar-refractivity contribution in [3.8, 4) is 0 Å². The van der Waals surface area contributed by atoms with Gasteiger partial charge in [0.2, 0.25) is 0 Å². The van der Waals surface area contributed by atoms with Crippen molar-refractivity contribution >= 4 is 40.1 Å². The van der Waals surface area contributed by atoms with Crippen molar-refractivity contribution in [2.45, 2.75) is 20.8 Å². The van der Waals surface area contributed by atoms with Crippen LogP contribution in [0.4, 0.5) is 10.9 Å². The maximum absolute atomic E-state index is 12.3. The number of nitrogens with zero attached hydrogens (tertiary/aromatic N) is 1. The third kappa shape index (κ3) is 4.31. The lowest BCUT2D eigenvalue weighted by molar-refractivity contribution is -0.402. The van der Waals surface area contributed by atoms with Gasteiger partial charge >= 0.3 is 17.8 Å². The fourth-order valence-corrected chi connectivity index (χ4v) is 3.24. The van der Waals surface area contributed by atoms with Crippen LogP contribution in [0.15, 0.2) is 16.5 Å². The number of carbonyl (C=O) groups is 3. The average Bonchev–Trinajstić information content (AvgIpc) is 3.20. The number of furan rings is 1. The molecule has 0 aromatic carbocycles. The number of nitrogens with one attached hydrogen (secondary N) is 1. The van der Waals surface area contributed by atoms with E-state index in [-0.39, 0.29) is 34.4 Å². The molecule has 0 fully saturated rings. The summed E-state index contributed by atoms with van der Waals surface area (Å²) in [5.74, 6) is -3.09. The molecule has 0 bridgehead atoms. The molecule has 0 atom stereocenters. The predicted octanol–water partition coefficient (Wildman–Crippen LogP) is 3.16. The van der Waals surface area contributed by atoms with Gasteiger partial charge in [-0.2, -0.15) is 0 Å². The minimum absolute atomic E-state index is 0.0132. The number of esters is 2. The lowest BCUT2D eigenvalue weighted by Gasteiger charge is -2.05. The normalized spacial score (nSPS) is 10.3. The molecule has 0 radical (unpaired) electrons. The van der Waals surface area contributed by atoms with Gasteiger partial charge in [0.1, 0.15) is 14.8 Å². The van der Waals surface area contributed by atoms with E-state index in [0.717, 1.165) is 23.5 Å². The van der Waals surface area contributed by atoms with Gasteiger partial charge in [-0.3, -0.25) is 14.9 Å². The maximum atomic E-state index is 12.3. The Labute approximate surface area is 157 Å². The summed E-state index contributed by atoms with van der Waals surface area (Å²) < 4.78 is 14.8. The summed E-state index contributed by atoms with van der Waals surface area (Å²) >= 11 is 0.842. The van der Waals surface area contributed by atoms with Crippen LogP contribution in [0, 0.1) is 17.0 Å². The van der Waals surface area contributed by atoms with E-state index in [4.69, 9.17) is 13.9 Å². The standard InChI is InChI=1S/C16H16N2O8S/c1-4-24-15(20)11-8(3)12(16(21)25-5-2)27-14(11)17-13(19)9-6-7-10(26-9)18(22)23/h6-7H,4-5H2,1-3H3,(H,17,19). The Bertz CT molecular complexity index is 898. The summed E-state index contributed by atoms with van der Waals surface area (Å²) in [5, 5.41) is 13.1. The molecule has 0 unspecified atom stereocenters. The van der Waals surface area contributed by atoms with Crippen LogP contribution >= 0.6 is 11.3 Å². The highest BCUT2D eigenvalue weighted by Crippen LogP contribution is 2.34. The van der Waals surface area contributed by atoms with Gasteiger partial charge in [0.05, 0.1) is 24.8 Å². The Kier molecular flexibility index (Phi) is 6.29. The summed E-state index contributed by atoms with van der Waals surface area (Å²) in [6.07, 6.45) is 0. The van der Waals surface area contributed by atoms with Crippen molar-refractivity contribution in [2.75, 3.05) is 18.5 Å². The van der Waals surface area contributed by atoms with Crippen molar-refractivity contribution in [1.29, 1.82) is 0 Å². The second-order valence-electron chi connectivity index (χ2n) is 5.05. The molecule has 1 N–H and O–H groups in total. The number of nitro groups is 1. The summed E-state index contributed by atoms with van der Waals surface area (Å²) in [6, 6.07) is 2.16. The highest BCUT2D eigenvalue weighted by atomic mass is 32.1. The van der Waals surface area contributed by atoms with Crippen LogP contribution in [-0.4, -0.2) is 36.0 Å². The van der Waals surface area contributed by atoms with Crippen molar-refractivity contribution < 1.29 is 33.2 Å². The van der Waals surface area contributed by atoms with Gasteiger partial charge in [-0.25, -0.2) is 9.59 Å². The summed E-state index contributed by atoms with van der Waals surface area (Å²) in [6.45, 7) is 5.03. The maximum Gasteiger partial charge on any atom is 0.433 e. The molecule has 2 aromatic heterocycles. The van der Waals surface area contributed by atoms with E-state index < -0.39 is 28.7 Å². The van der Waals surface area contributed by atoms with Crippen molar-refractivity contribution in [2.24, 2.45) is 0 Å². The van der Waals surface area contributed by atoms with E-state index in [9.17, 15) is 24.5 Å². The van der Waals surface area contributed by atoms with Gasteiger partial charge in [0.15, 0.2) is 5.76 Å². The van der Waals surface area contributed by atoms with Crippen LogP contribution in [0.1, 0.15) is 50.0 Å². The Hall–Kier alpha value is -3.21. The third-order valence-electron chi connectivity index (χ3n) is 3.31. The van der Waals surface area contributed by atoms with Crippen LogP contribution in [0.3, 0.4) is 0 Å². The highest BCUT2D eigenvalue weighted by Gasteiger charge is 2.28. The minimum atomic E-state index is -0.815. The van der Waals surface area contributed by atoms with E-state index in [1.54, 1.807) is 13.8 Å². The topological polar surface area (TPSA) is 138 Å². The van der Waals surface area contributed by atoms with Gasteiger partial charge in [-0.1, -0.05) is 0 Å². The molecule has 2 aromatic rings. The second-order valence-corrected chi connectivity index (χ2v) is 6.07. The third-order valence-corrected chi connectivity index (χ3v) is 4.50. The van der Waals surface area contributed by atoms with Crippen LogP contribution in [-0.2, 0) is 9.47 Å². The monoisotopic (exact) mass is 396 g/mol. The number of rotatable bonds is 7. The summed E-state index contributed by atoms with van der Waals surface area (Å²) in [5.41, 5.74) is 0.317. The predicted molar refractivity (Wildman–Crippen MR) is 94.3 cm³/mol. The summed E-state index contributed by atoms with van der Waals surface area (Å²) in [4.78, 5) is 46.7. The van der Waals surface area contributed by atoms with Gasteiger partial charge < -0.3 is 19.2 Å². The lowest BCUT2D eigenvalue weighted by Crippen LogP contribution is -2.14. The average molecular weight is 396 g/mol. The first-order valence-electron chi connectivity index (χ1n) is 7.83. The molecule has 27 heavy (non-hydrogen) atoms. The number of hydrogen-bond donors (Lipinski definition) is 1. The number of thiophene rings is 1. The molecular weight excluding hydrogens is 380 g/mol. The first-order valence-corrected chi connectivity index (χ1v) is 8.64. The Morgan fingerprint density at radius 3 is 2.37 bits per heavy atom. The van der Waals surface area contributed by atoms with Crippen molar-refractivity contribution in [1.82, 2.24) is 0 Å². The zero-order valence-electron chi connectivity index (χ0n) is 14.7. The molecule has 0 aliphatic carbocycles. The van der Waals surface area contributed by atoms with Gasteiger partial charge in [0.25, 0.3) is 5.91 Å². The number of anilines is 1. The number of amides is 1. The zero-order valence-corrected chi connectivity index (χ0v) is 15.5. The van der Waals surface area contributed by atoms with Gasteiger partial charge in [0, 0.05) is 0 Å². The Morgan fingerprint density at radius 1 is 1.19 bits per heavy atom. The molecule has 0 saturated heterocycles.